The average molecular weight is 271 g/mol. The molecule has 3 rings (SSSR count). The molecule has 2 aromatic heterocycles. The predicted molar refractivity (Wildman–Crippen MR) is 72.2 cm³/mol. The summed E-state index contributed by atoms with van der Waals surface area (Å²) in [5.74, 6) is 0. The number of aryl methyl sites for hydroxylation is 1. The van der Waals surface area contributed by atoms with E-state index in [1.54, 1.807) is 0 Å². The van der Waals surface area contributed by atoms with Crippen LogP contribution in [0.2, 0.25) is 0 Å². The highest BCUT2D eigenvalue weighted by molar-refractivity contribution is 5.40. The van der Waals surface area contributed by atoms with E-state index in [4.69, 9.17) is 0 Å². The van der Waals surface area contributed by atoms with Gasteiger partial charge in [-0.25, -0.2) is 9.48 Å². The number of nitrogens with one attached hydrogen (secondary N) is 1. The molecule has 0 atom stereocenters. The van der Waals surface area contributed by atoms with Crippen LogP contribution in [-0.4, -0.2) is 15.1 Å². The molecule has 0 saturated heterocycles. The molecule has 0 aliphatic carbocycles. The summed E-state index contributed by atoms with van der Waals surface area (Å²) in [7, 11) is 0. The fourth-order valence-corrected chi connectivity index (χ4v) is 2.11. The van der Waals surface area contributed by atoms with Crippen molar-refractivity contribution in [2.24, 2.45) is 0 Å². The van der Waals surface area contributed by atoms with E-state index in [2.05, 4.69) is 21.8 Å². The molecule has 3 aromatic rings. The second-order valence-electron chi connectivity index (χ2n) is 4.74. The van der Waals surface area contributed by atoms with Crippen molar-refractivity contribution < 1.29 is 9.20 Å². The minimum absolute atomic E-state index is 0.414. The van der Waals surface area contributed by atoms with Gasteiger partial charge in [0.1, 0.15) is 0 Å². The summed E-state index contributed by atoms with van der Waals surface area (Å²) in [4.78, 5) is 11.0. The normalized spacial score (nSPS) is 10.9. The Labute approximate surface area is 115 Å². The maximum absolute atomic E-state index is 11.0. The van der Waals surface area contributed by atoms with E-state index in [0.29, 0.717) is 0 Å². The topological polar surface area (TPSA) is 67.7 Å². The van der Waals surface area contributed by atoms with Crippen LogP contribution < -0.4 is 10.3 Å². The lowest BCUT2D eigenvalue weighted by Gasteiger charge is -2.03. The van der Waals surface area contributed by atoms with E-state index in [0.717, 1.165) is 22.8 Å². The molecule has 2 heterocycles. The second kappa shape index (κ2) is 4.48. The third kappa shape index (κ3) is 1.95. The molecule has 0 saturated carbocycles. The van der Waals surface area contributed by atoms with Gasteiger partial charge in [0.2, 0.25) is 5.69 Å². The average Bonchev–Trinajstić information content (AvgIpc) is 2.99. The summed E-state index contributed by atoms with van der Waals surface area (Å²) in [5.41, 5.74) is 4.73. The van der Waals surface area contributed by atoms with Crippen LogP contribution in [0.3, 0.4) is 0 Å². The largest absolute Gasteiger partial charge is 0.427 e. The Kier molecular flexibility index (Phi) is 2.78. The fourth-order valence-electron chi connectivity index (χ4n) is 2.11. The van der Waals surface area contributed by atoms with Crippen molar-refractivity contribution in [1.29, 1.82) is 0 Å². The number of H-pyrrole nitrogens is 1. The fraction of sp³-hybridized carbons (Fsp3) is 0.214. The molecule has 1 aromatic carbocycles. The van der Waals surface area contributed by atoms with E-state index >= 15 is 0 Å². The van der Waals surface area contributed by atoms with Crippen molar-refractivity contribution in [3.8, 4) is 11.4 Å². The van der Waals surface area contributed by atoms with Gasteiger partial charge < -0.3 is 0 Å². The molecule has 6 nitrogen and oxygen atoms in total. The van der Waals surface area contributed by atoms with Gasteiger partial charge in [0.05, 0.1) is 11.4 Å². The molecular weight excluding hydrogens is 256 g/mol. The molecule has 0 aliphatic rings. The summed E-state index contributed by atoms with van der Waals surface area (Å²) in [5, 5.41) is 7.03. The molecule has 0 aliphatic heterocycles. The van der Waals surface area contributed by atoms with E-state index in [1.807, 2.05) is 42.8 Å². The van der Waals surface area contributed by atoms with Gasteiger partial charge in [-0.2, -0.15) is 5.10 Å². The Morgan fingerprint density at radius 2 is 1.90 bits per heavy atom. The monoisotopic (exact) mass is 271 g/mol. The van der Waals surface area contributed by atoms with Crippen molar-refractivity contribution in [2.75, 3.05) is 0 Å². The van der Waals surface area contributed by atoms with Crippen LogP contribution in [0.1, 0.15) is 17.0 Å². The molecule has 6 heteroatoms. The first-order valence-electron chi connectivity index (χ1n) is 6.30. The highest BCUT2D eigenvalue weighted by Gasteiger charge is 2.12. The number of hydrogen-bond donors (Lipinski definition) is 1. The van der Waals surface area contributed by atoms with Crippen LogP contribution >= 0.6 is 0 Å². The van der Waals surface area contributed by atoms with Gasteiger partial charge in [-0.15, -0.1) is 0 Å². The molecule has 0 unspecified atom stereocenters. The van der Waals surface area contributed by atoms with Crippen LogP contribution in [0, 0.1) is 20.8 Å². The molecule has 1 N–H and O–H groups in total. The molecule has 0 amide bonds. The lowest BCUT2D eigenvalue weighted by Crippen LogP contribution is -2.32. The van der Waals surface area contributed by atoms with Gasteiger partial charge in [-0.05, 0) is 48.4 Å². The van der Waals surface area contributed by atoms with Gasteiger partial charge in [-0.1, -0.05) is 0 Å². The maximum Gasteiger partial charge on any atom is 0.427 e. The summed E-state index contributed by atoms with van der Waals surface area (Å²) in [6, 6.07) is 7.69. The molecule has 20 heavy (non-hydrogen) atoms. The van der Waals surface area contributed by atoms with Crippen molar-refractivity contribution in [1.82, 2.24) is 15.1 Å². The van der Waals surface area contributed by atoms with Crippen molar-refractivity contribution in [3.05, 3.63) is 57.8 Å². The quantitative estimate of drug-likeness (QED) is 0.715. The predicted octanol–water partition coefficient (Wildman–Crippen LogP) is 1.36. The SMILES string of the molecule is Cc1nn(-c2ccc(-[n+]3cc(=O)o[nH]3)cc2)c(C)c1C. The highest BCUT2D eigenvalue weighted by atomic mass is 16.5. The molecule has 0 fully saturated rings. The number of rotatable bonds is 2. The lowest BCUT2D eigenvalue weighted by molar-refractivity contribution is -0.670. The summed E-state index contributed by atoms with van der Waals surface area (Å²) >= 11 is 0. The van der Waals surface area contributed by atoms with Gasteiger partial charge in [0.25, 0.3) is 6.20 Å². The zero-order valence-electron chi connectivity index (χ0n) is 11.5. The Morgan fingerprint density at radius 1 is 1.20 bits per heavy atom. The highest BCUT2D eigenvalue weighted by Crippen LogP contribution is 2.17. The molecule has 102 valence electrons. The van der Waals surface area contributed by atoms with Gasteiger partial charge in [0.15, 0.2) is 0 Å². The van der Waals surface area contributed by atoms with Gasteiger partial charge in [0, 0.05) is 17.8 Å². The first-order valence-corrected chi connectivity index (χ1v) is 6.30. The first-order chi connectivity index (χ1) is 9.56. The molecular formula is C14H15N4O2+. The van der Waals surface area contributed by atoms with Crippen molar-refractivity contribution >= 4 is 0 Å². The van der Waals surface area contributed by atoms with Gasteiger partial charge in [-0.3, -0.25) is 4.52 Å². The zero-order chi connectivity index (χ0) is 14.3. The Bertz CT molecular complexity index is 809. The summed E-state index contributed by atoms with van der Waals surface area (Å²) < 4.78 is 8.08. The Morgan fingerprint density at radius 3 is 2.40 bits per heavy atom. The number of aromatic amines is 1. The van der Waals surface area contributed by atoms with Crippen LogP contribution in [0.25, 0.3) is 11.4 Å². The van der Waals surface area contributed by atoms with E-state index in [9.17, 15) is 4.79 Å². The first kappa shape index (κ1) is 12.4. The third-order valence-electron chi connectivity index (χ3n) is 3.50. The van der Waals surface area contributed by atoms with E-state index in [1.165, 1.54) is 16.4 Å². The number of benzene rings is 1. The minimum Gasteiger partial charge on any atom is -0.283 e. The maximum atomic E-state index is 11.0. The minimum atomic E-state index is -0.414. The smallest absolute Gasteiger partial charge is 0.283 e. The van der Waals surface area contributed by atoms with Crippen molar-refractivity contribution in [2.45, 2.75) is 20.8 Å². The number of aromatic nitrogens is 4. The number of nitrogens with zero attached hydrogens (tertiary/aromatic N) is 3. The second-order valence-corrected chi connectivity index (χ2v) is 4.74. The van der Waals surface area contributed by atoms with Crippen LogP contribution in [0.5, 0.6) is 0 Å². The summed E-state index contributed by atoms with van der Waals surface area (Å²) in [6.45, 7) is 6.11. The van der Waals surface area contributed by atoms with Crippen LogP contribution in [0.4, 0.5) is 0 Å². The van der Waals surface area contributed by atoms with Crippen LogP contribution in [0.15, 0.2) is 39.8 Å². The summed E-state index contributed by atoms with van der Waals surface area (Å²) in [6.07, 6.45) is 1.35. The Balaban J connectivity index is 2.01. The Hall–Kier alpha value is -2.63. The van der Waals surface area contributed by atoms with E-state index < -0.39 is 5.63 Å². The molecule has 0 radical (unpaired) electrons. The van der Waals surface area contributed by atoms with Gasteiger partial charge >= 0.3 is 5.63 Å². The molecule has 0 bridgehead atoms. The van der Waals surface area contributed by atoms with Crippen LogP contribution in [-0.2, 0) is 0 Å². The molecule has 0 spiro atoms. The number of hydrogen-bond acceptors (Lipinski definition) is 3. The van der Waals surface area contributed by atoms with Crippen molar-refractivity contribution in [3.63, 3.8) is 0 Å². The standard InChI is InChI=1S/C14H14N4O2/c1-9-10(2)15-18(11(9)3)13-6-4-12(5-7-13)17-8-14(19)20-16-17/h4-8H,1-3H3/p+1. The van der Waals surface area contributed by atoms with E-state index in [-0.39, 0.29) is 0 Å². The zero-order valence-corrected chi connectivity index (χ0v) is 11.5. The lowest BCUT2D eigenvalue weighted by atomic mass is 10.2. The third-order valence-corrected chi connectivity index (χ3v) is 3.50.